The zero-order valence-corrected chi connectivity index (χ0v) is 13.9. The molecule has 2 saturated carbocycles. The highest BCUT2D eigenvalue weighted by atomic mass is 16.5. The lowest BCUT2D eigenvalue weighted by Gasteiger charge is -2.46. The van der Waals surface area contributed by atoms with Crippen LogP contribution in [0.5, 0.6) is 0 Å². The van der Waals surface area contributed by atoms with E-state index in [9.17, 15) is 4.79 Å². The van der Waals surface area contributed by atoms with Crippen LogP contribution in [0.25, 0.3) is 0 Å². The number of esters is 1. The van der Waals surface area contributed by atoms with Crippen LogP contribution in [-0.2, 0) is 19.0 Å². The lowest BCUT2D eigenvalue weighted by Crippen LogP contribution is -2.46. The van der Waals surface area contributed by atoms with E-state index in [1.165, 1.54) is 6.92 Å². The highest BCUT2D eigenvalue weighted by molar-refractivity contribution is 5.66. The molecule has 4 heteroatoms. The van der Waals surface area contributed by atoms with Gasteiger partial charge in [0.2, 0.25) is 0 Å². The average molecular weight is 298 g/mol. The quantitative estimate of drug-likeness (QED) is 0.744. The Bertz CT molecular complexity index is 350. The van der Waals surface area contributed by atoms with Gasteiger partial charge < -0.3 is 14.2 Å². The number of rotatable bonds is 4. The summed E-state index contributed by atoms with van der Waals surface area (Å²) in [4.78, 5) is 11.0. The van der Waals surface area contributed by atoms with Gasteiger partial charge in [0.25, 0.3) is 0 Å². The lowest BCUT2D eigenvalue weighted by molar-refractivity contribution is -0.187. The van der Waals surface area contributed by atoms with Gasteiger partial charge in [-0.15, -0.1) is 0 Å². The van der Waals surface area contributed by atoms with Crippen molar-refractivity contribution >= 4 is 5.97 Å². The molecular weight excluding hydrogens is 268 g/mol. The highest BCUT2D eigenvalue weighted by Gasteiger charge is 2.41. The fraction of sp³-hybridized carbons (Fsp3) is 0.941. The molecule has 0 aliphatic heterocycles. The molecule has 0 saturated heterocycles. The zero-order valence-electron chi connectivity index (χ0n) is 13.9. The summed E-state index contributed by atoms with van der Waals surface area (Å²) >= 11 is 0. The summed E-state index contributed by atoms with van der Waals surface area (Å²) in [5, 5.41) is 0. The molecule has 0 aromatic carbocycles. The Morgan fingerprint density at radius 1 is 0.905 bits per heavy atom. The summed E-state index contributed by atoms with van der Waals surface area (Å²) in [5.74, 6) is -0.172. The van der Waals surface area contributed by atoms with E-state index >= 15 is 0 Å². The number of ether oxygens (including phenoxy) is 3. The van der Waals surface area contributed by atoms with Gasteiger partial charge >= 0.3 is 5.97 Å². The fourth-order valence-electron chi connectivity index (χ4n) is 3.79. The van der Waals surface area contributed by atoms with Gasteiger partial charge in [0.15, 0.2) is 0 Å². The summed E-state index contributed by atoms with van der Waals surface area (Å²) < 4.78 is 17.3. The van der Waals surface area contributed by atoms with Crippen LogP contribution >= 0.6 is 0 Å². The Kier molecular flexibility index (Phi) is 5.31. The molecular formula is C17H30O4. The van der Waals surface area contributed by atoms with Gasteiger partial charge in [-0.25, -0.2) is 0 Å². The SMILES string of the molecule is COC1CCC(C)(OC2(C)CCC(OC(C)=O)CC2)CC1. The van der Waals surface area contributed by atoms with Crippen LogP contribution in [0.2, 0.25) is 0 Å². The Labute approximate surface area is 128 Å². The van der Waals surface area contributed by atoms with Crippen molar-refractivity contribution in [3.8, 4) is 0 Å². The van der Waals surface area contributed by atoms with Gasteiger partial charge in [-0.05, 0) is 65.2 Å². The largest absolute Gasteiger partial charge is 0.463 e. The van der Waals surface area contributed by atoms with Crippen molar-refractivity contribution in [1.29, 1.82) is 0 Å². The van der Waals surface area contributed by atoms with Crippen molar-refractivity contribution in [1.82, 2.24) is 0 Å². The van der Waals surface area contributed by atoms with Gasteiger partial charge in [-0.1, -0.05) is 0 Å². The van der Waals surface area contributed by atoms with Crippen molar-refractivity contribution in [2.45, 2.75) is 95.5 Å². The maximum absolute atomic E-state index is 11.0. The molecule has 2 fully saturated rings. The molecule has 21 heavy (non-hydrogen) atoms. The fourth-order valence-corrected chi connectivity index (χ4v) is 3.79. The molecule has 0 heterocycles. The van der Waals surface area contributed by atoms with Gasteiger partial charge in [0, 0.05) is 14.0 Å². The minimum absolute atomic E-state index is 0.0297. The number of carbonyl (C=O) groups excluding carboxylic acids is 1. The molecule has 4 nitrogen and oxygen atoms in total. The minimum atomic E-state index is -0.172. The monoisotopic (exact) mass is 298 g/mol. The molecule has 0 bridgehead atoms. The second-order valence-corrected chi connectivity index (χ2v) is 7.25. The highest BCUT2D eigenvalue weighted by Crippen LogP contribution is 2.41. The maximum atomic E-state index is 11.0. The smallest absolute Gasteiger partial charge is 0.302 e. The summed E-state index contributed by atoms with van der Waals surface area (Å²) in [6.45, 7) is 5.94. The average Bonchev–Trinajstić information content (AvgIpc) is 2.41. The molecule has 0 radical (unpaired) electrons. The first-order valence-electron chi connectivity index (χ1n) is 8.24. The van der Waals surface area contributed by atoms with E-state index < -0.39 is 0 Å². The lowest BCUT2D eigenvalue weighted by atomic mass is 9.80. The van der Waals surface area contributed by atoms with E-state index in [1.54, 1.807) is 7.11 Å². The van der Waals surface area contributed by atoms with Crippen LogP contribution in [0.1, 0.15) is 72.1 Å². The number of methoxy groups -OCH3 is 1. The molecule has 0 N–H and O–H groups in total. The zero-order chi connectivity index (χ0) is 15.5. The van der Waals surface area contributed by atoms with Gasteiger partial charge in [0.05, 0.1) is 17.3 Å². The summed E-state index contributed by atoms with van der Waals surface area (Å²) in [6.07, 6.45) is 8.52. The first kappa shape index (κ1) is 16.8. The van der Waals surface area contributed by atoms with Gasteiger partial charge in [-0.3, -0.25) is 4.79 Å². The summed E-state index contributed by atoms with van der Waals surface area (Å²) in [7, 11) is 1.80. The molecule has 122 valence electrons. The van der Waals surface area contributed by atoms with Gasteiger partial charge in [-0.2, -0.15) is 0 Å². The van der Waals surface area contributed by atoms with E-state index in [0.29, 0.717) is 6.10 Å². The Morgan fingerprint density at radius 3 is 1.71 bits per heavy atom. The first-order valence-corrected chi connectivity index (χ1v) is 8.24. The van der Waals surface area contributed by atoms with Crippen LogP contribution < -0.4 is 0 Å². The van der Waals surface area contributed by atoms with Crippen LogP contribution in [0, 0.1) is 0 Å². The molecule has 0 amide bonds. The predicted octanol–water partition coefficient (Wildman–Crippen LogP) is 3.62. The summed E-state index contributed by atoms with van der Waals surface area (Å²) in [6, 6.07) is 0. The Morgan fingerprint density at radius 2 is 1.33 bits per heavy atom. The normalized spacial score (nSPS) is 40.8. The van der Waals surface area contributed by atoms with Crippen LogP contribution in [0.3, 0.4) is 0 Å². The summed E-state index contributed by atoms with van der Waals surface area (Å²) in [5.41, 5.74) is -0.108. The Hall–Kier alpha value is -0.610. The predicted molar refractivity (Wildman–Crippen MR) is 81.2 cm³/mol. The maximum Gasteiger partial charge on any atom is 0.302 e. The second-order valence-electron chi connectivity index (χ2n) is 7.25. The van der Waals surface area contributed by atoms with E-state index in [-0.39, 0.29) is 23.3 Å². The topological polar surface area (TPSA) is 44.8 Å². The van der Waals surface area contributed by atoms with Crippen molar-refractivity contribution in [2.24, 2.45) is 0 Å². The number of carbonyl (C=O) groups is 1. The van der Waals surface area contributed by atoms with E-state index in [0.717, 1.165) is 51.4 Å². The molecule has 0 atom stereocenters. The number of hydrogen-bond donors (Lipinski definition) is 0. The second kappa shape index (κ2) is 6.66. The molecule has 0 spiro atoms. The molecule has 2 aliphatic rings. The van der Waals surface area contributed by atoms with Crippen molar-refractivity contribution < 1.29 is 19.0 Å². The third-order valence-corrected chi connectivity index (χ3v) is 5.14. The molecule has 2 aliphatic carbocycles. The van der Waals surface area contributed by atoms with Crippen LogP contribution in [-0.4, -0.2) is 36.5 Å². The van der Waals surface area contributed by atoms with Crippen molar-refractivity contribution in [3.05, 3.63) is 0 Å². The number of hydrogen-bond acceptors (Lipinski definition) is 4. The molecule has 0 aromatic heterocycles. The van der Waals surface area contributed by atoms with E-state index in [4.69, 9.17) is 14.2 Å². The third-order valence-electron chi connectivity index (χ3n) is 5.14. The van der Waals surface area contributed by atoms with E-state index in [1.807, 2.05) is 0 Å². The van der Waals surface area contributed by atoms with Crippen molar-refractivity contribution in [3.63, 3.8) is 0 Å². The van der Waals surface area contributed by atoms with Crippen molar-refractivity contribution in [2.75, 3.05) is 7.11 Å². The Balaban J connectivity index is 1.84. The third kappa shape index (κ3) is 4.68. The standard InChI is InChI=1S/C17H30O4/c1-13(18)20-15-7-11-17(3,12-8-15)21-16(2)9-5-14(19-4)6-10-16/h14-15H,5-12H2,1-4H3. The molecule has 0 aromatic rings. The molecule has 0 unspecified atom stereocenters. The van der Waals surface area contributed by atoms with E-state index in [2.05, 4.69) is 13.8 Å². The molecule has 2 rings (SSSR count). The van der Waals surface area contributed by atoms with Crippen LogP contribution in [0.15, 0.2) is 0 Å². The van der Waals surface area contributed by atoms with Gasteiger partial charge in [0.1, 0.15) is 6.10 Å². The first-order chi connectivity index (χ1) is 9.84. The minimum Gasteiger partial charge on any atom is -0.463 e. The van der Waals surface area contributed by atoms with Crippen LogP contribution in [0.4, 0.5) is 0 Å².